The molecule has 33 heavy (non-hydrogen) atoms. The first kappa shape index (κ1) is 18.8. The summed E-state index contributed by atoms with van der Waals surface area (Å²) in [5.74, 6) is 0.518. The molecule has 1 heterocycles. The third kappa shape index (κ3) is 2.62. The van der Waals surface area contributed by atoms with Crippen LogP contribution in [0.2, 0.25) is 0 Å². The van der Waals surface area contributed by atoms with Crippen molar-refractivity contribution >= 4 is 39.9 Å². The molecule has 2 bridgehead atoms. The highest BCUT2D eigenvalue weighted by Gasteiger charge is 2.67. The van der Waals surface area contributed by atoms with Gasteiger partial charge in [-0.15, -0.1) is 0 Å². The Bertz CT molecular complexity index is 1350. The number of hydrogen-bond acceptors (Lipinski definition) is 3. The Labute approximate surface area is 191 Å². The number of benzene rings is 3. The van der Waals surface area contributed by atoms with Crippen molar-refractivity contribution in [3.8, 4) is 0 Å². The van der Waals surface area contributed by atoms with Gasteiger partial charge in [0.1, 0.15) is 0 Å². The lowest BCUT2D eigenvalue weighted by atomic mass is 9.63. The monoisotopic (exact) mass is 434 g/mol. The maximum absolute atomic E-state index is 13.4. The fourth-order valence-electron chi connectivity index (χ4n) is 6.53. The van der Waals surface area contributed by atoms with Gasteiger partial charge in [-0.1, -0.05) is 54.6 Å². The molecular weight excluding hydrogens is 412 g/mol. The number of carbonyl (C=O) groups excluding carboxylic acids is 3. The molecule has 0 spiro atoms. The summed E-state index contributed by atoms with van der Waals surface area (Å²) in [5.41, 5.74) is 1.63. The molecule has 5 aliphatic rings. The largest absolute Gasteiger partial charge is 0.321 e. The van der Waals surface area contributed by atoms with Crippen molar-refractivity contribution in [3.05, 3.63) is 84.4 Å². The molecule has 3 aromatic rings. The van der Waals surface area contributed by atoms with Gasteiger partial charge >= 0.3 is 0 Å². The van der Waals surface area contributed by atoms with Gasteiger partial charge < -0.3 is 5.32 Å². The van der Waals surface area contributed by atoms with Gasteiger partial charge in [-0.25, -0.2) is 4.90 Å². The van der Waals surface area contributed by atoms with E-state index in [4.69, 9.17) is 0 Å². The summed E-state index contributed by atoms with van der Waals surface area (Å²) >= 11 is 0. The van der Waals surface area contributed by atoms with Gasteiger partial charge in [0.25, 0.3) is 5.91 Å². The maximum Gasteiger partial charge on any atom is 0.255 e. The fourth-order valence-corrected chi connectivity index (χ4v) is 6.53. The Morgan fingerprint density at radius 1 is 0.818 bits per heavy atom. The van der Waals surface area contributed by atoms with Crippen LogP contribution in [0.4, 0.5) is 11.4 Å². The van der Waals surface area contributed by atoms with Crippen LogP contribution in [0.1, 0.15) is 16.8 Å². The molecule has 5 nitrogen and oxygen atoms in total. The van der Waals surface area contributed by atoms with Crippen LogP contribution < -0.4 is 10.2 Å². The number of nitrogens with one attached hydrogen (secondary N) is 1. The zero-order valence-electron chi connectivity index (χ0n) is 17.8. The van der Waals surface area contributed by atoms with E-state index in [0.29, 0.717) is 23.1 Å². The molecule has 1 aliphatic heterocycles. The van der Waals surface area contributed by atoms with Crippen LogP contribution in [-0.4, -0.2) is 17.7 Å². The van der Waals surface area contributed by atoms with E-state index in [2.05, 4.69) is 17.5 Å². The lowest BCUT2D eigenvalue weighted by molar-refractivity contribution is -0.124. The molecule has 3 fully saturated rings. The van der Waals surface area contributed by atoms with Crippen LogP contribution in [0.15, 0.2) is 78.9 Å². The van der Waals surface area contributed by atoms with Crippen molar-refractivity contribution in [1.29, 1.82) is 0 Å². The van der Waals surface area contributed by atoms with Crippen LogP contribution >= 0.6 is 0 Å². The first-order valence-corrected chi connectivity index (χ1v) is 11.6. The first-order chi connectivity index (χ1) is 16.1. The van der Waals surface area contributed by atoms with Crippen LogP contribution in [0, 0.1) is 35.5 Å². The molecule has 4 aliphatic carbocycles. The van der Waals surface area contributed by atoms with Crippen LogP contribution in [0.5, 0.6) is 0 Å². The van der Waals surface area contributed by atoms with Crippen LogP contribution in [0.3, 0.4) is 0 Å². The Balaban J connectivity index is 1.19. The van der Waals surface area contributed by atoms with Crippen LogP contribution in [0.25, 0.3) is 10.8 Å². The molecule has 1 saturated heterocycles. The minimum Gasteiger partial charge on any atom is -0.321 e. The minimum atomic E-state index is -0.271. The summed E-state index contributed by atoms with van der Waals surface area (Å²) in [6.07, 6.45) is 5.48. The Morgan fingerprint density at radius 3 is 2.24 bits per heavy atom. The number of carbonyl (C=O) groups is 3. The van der Waals surface area contributed by atoms with Crippen molar-refractivity contribution < 1.29 is 14.4 Å². The Kier molecular flexibility index (Phi) is 3.78. The van der Waals surface area contributed by atoms with Crippen molar-refractivity contribution in [2.45, 2.75) is 6.42 Å². The molecular formula is C28H22N2O3. The van der Waals surface area contributed by atoms with Crippen molar-refractivity contribution in [3.63, 3.8) is 0 Å². The average Bonchev–Trinajstić information content (AvgIpc) is 3.62. The number of amides is 3. The molecule has 8 rings (SSSR count). The third-order valence-corrected chi connectivity index (χ3v) is 8.07. The second-order valence-corrected chi connectivity index (χ2v) is 9.70. The summed E-state index contributed by atoms with van der Waals surface area (Å²) in [6, 6.07) is 20.5. The third-order valence-electron chi connectivity index (χ3n) is 8.07. The van der Waals surface area contributed by atoms with Crippen LogP contribution in [-0.2, 0) is 9.59 Å². The molecule has 5 heteroatoms. The van der Waals surface area contributed by atoms with Gasteiger partial charge in [-0.05, 0) is 59.7 Å². The van der Waals surface area contributed by atoms with Crippen molar-refractivity contribution in [2.24, 2.45) is 35.5 Å². The van der Waals surface area contributed by atoms with E-state index >= 15 is 0 Å². The van der Waals surface area contributed by atoms with E-state index in [1.165, 1.54) is 4.90 Å². The number of fused-ring (bicyclic) bond motifs is 1. The highest BCUT2D eigenvalue weighted by atomic mass is 16.2. The van der Waals surface area contributed by atoms with E-state index in [1.807, 2.05) is 42.5 Å². The van der Waals surface area contributed by atoms with E-state index in [0.717, 1.165) is 22.9 Å². The fraction of sp³-hybridized carbons (Fsp3) is 0.250. The van der Waals surface area contributed by atoms with Gasteiger partial charge in [0.05, 0.1) is 17.5 Å². The second-order valence-electron chi connectivity index (χ2n) is 9.70. The Morgan fingerprint density at radius 2 is 1.48 bits per heavy atom. The smallest absolute Gasteiger partial charge is 0.255 e. The summed E-state index contributed by atoms with van der Waals surface area (Å²) in [7, 11) is 0. The van der Waals surface area contributed by atoms with Crippen molar-refractivity contribution in [1.82, 2.24) is 0 Å². The molecule has 3 aromatic carbocycles. The number of hydrogen-bond donors (Lipinski definition) is 1. The zero-order valence-corrected chi connectivity index (χ0v) is 17.8. The number of imide groups is 1. The molecule has 162 valence electrons. The summed E-state index contributed by atoms with van der Waals surface area (Å²) in [4.78, 5) is 41.2. The molecule has 2 saturated carbocycles. The highest BCUT2D eigenvalue weighted by Crippen LogP contribution is 2.65. The molecule has 0 radical (unpaired) electrons. The zero-order chi connectivity index (χ0) is 22.3. The lowest BCUT2D eigenvalue weighted by Gasteiger charge is -2.37. The molecule has 3 amide bonds. The number of nitrogens with zero attached hydrogens (tertiary/aromatic N) is 1. The average molecular weight is 434 g/mol. The quantitative estimate of drug-likeness (QED) is 0.482. The maximum atomic E-state index is 13.4. The minimum absolute atomic E-state index is 0.110. The number of anilines is 2. The predicted molar refractivity (Wildman–Crippen MR) is 126 cm³/mol. The topological polar surface area (TPSA) is 66.5 Å². The first-order valence-electron chi connectivity index (χ1n) is 11.6. The van der Waals surface area contributed by atoms with Gasteiger partial charge in [0.15, 0.2) is 0 Å². The van der Waals surface area contributed by atoms with Gasteiger partial charge in [-0.3, -0.25) is 14.4 Å². The van der Waals surface area contributed by atoms with E-state index in [9.17, 15) is 14.4 Å². The molecule has 6 atom stereocenters. The lowest BCUT2D eigenvalue weighted by Crippen LogP contribution is -2.40. The van der Waals surface area contributed by atoms with E-state index in [1.54, 1.807) is 24.3 Å². The standard InChI is InChI=1S/C28H22N2O3/c31-26(29-23-10-4-6-15-5-1-2-9-18(15)23)16-7-3-8-17(13-16)30-27(32)24-19-11-12-20(22-14-21(19)22)25(24)28(30)33/h1-13,19-22,24-25H,14H2,(H,29,31)/t19-,20+,21-,22-,24+,25+/m1/s1. The summed E-state index contributed by atoms with van der Waals surface area (Å²) in [6.45, 7) is 0. The van der Waals surface area contributed by atoms with Gasteiger partial charge in [-0.2, -0.15) is 0 Å². The van der Waals surface area contributed by atoms with Gasteiger partial charge in [0.2, 0.25) is 11.8 Å². The Hall–Kier alpha value is -3.73. The number of rotatable bonds is 3. The second kappa shape index (κ2) is 6.64. The SMILES string of the molecule is O=C(Nc1cccc2ccccc12)c1cccc(N2C(=O)[C@H]3[C@@H]4C=C[C@@H]([C@H]5C[C@H]45)[C@@H]3C2=O)c1. The highest BCUT2D eigenvalue weighted by molar-refractivity contribution is 6.23. The summed E-state index contributed by atoms with van der Waals surface area (Å²) in [5, 5.41) is 4.99. The molecule has 0 unspecified atom stereocenters. The van der Waals surface area contributed by atoms with E-state index < -0.39 is 0 Å². The number of allylic oxidation sites excluding steroid dienone is 2. The molecule has 1 N–H and O–H groups in total. The molecule has 0 aromatic heterocycles. The normalized spacial score (nSPS) is 31.0. The van der Waals surface area contributed by atoms with Crippen molar-refractivity contribution in [2.75, 3.05) is 10.2 Å². The van der Waals surface area contributed by atoms with Gasteiger partial charge in [0, 0.05) is 16.6 Å². The summed E-state index contributed by atoms with van der Waals surface area (Å²) < 4.78 is 0. The predicted octanol–water partition coefficient (Wildman–Crippen LogP) is 4.65. The van der Waals surface area contributed by atoms with E-state index in [-0.39, 0.29) is 41.4 Å².